The van der Waals surface area contributed by atoms with Crippen molar-refractivity contribution in [2.24, 2.45) is 0 Å². The second kappa shape index (κ2) is 6.19. The molecule has 1 aliphatic rings. The van der Waals surface area contributed by atoms with Gasteiger partial charge in [-0.05, 0) is 61.7 Å². The van der Waals surface area contributed by atoms with Gasteiger partial charge >= 0.3 is 0 Å². The van der Waals surface area contributed by atoms with Crippen LogP contribution in [0, 0.1) is 0 Å². The van der Waals surface area contributed by atoms with E-state index < -0.39 is 0 Å². The lowest BCUT2D eigenvalue weighted by molar-refractivity contribution is 0.242. The molecule has 0 heterocycles. The molecule has 0 unspecified atom stereocenters. The highest BCUT2D eigenvalue weighted by Gasteiger charge is 2.33. The maximum Gasteiger partial charge on any atom is -0.00163 e. The maximum atomic E-state index is 2.45. The molecule has 1 saturated carbocycles. The van der Waals surface area contributed by atoms with Crippen LogP contribution in [0.5, 0.6) is 0 Å². The Balaban J connectivity index is 1.96. The van der Waals surface area contributed by atoms with Crippen molar-refractivity contribution in [2.45, 2.75) is 43.9 Å². The van der Waals surface area contributed by atoms with E-state index in [0.717, 1.165) is 0 Å². The molecule has 3 rings (SSSR count). The summed E-state index contributed by atoms with van der Waals surface area (Å²) >= 11 is 0. The average molecular weight is 281 g/mol. The largest absolute Gasteiger partial charge is 0.309 e. The Morgan fingerprint density at radius 3 is 2.33 bits per heavy atom. The fourth-order valence-electron chi connectivity index (χ4n) is 3.87. The van der Waals surface area contributed by atoms with Gasteiger partial charge in [-0.3, -0.25) is 0 Å². The van der Waals surface area contributed by atoms with Crippen molar-refractivity contribution < 1.29 is 0 Å². The van der Waals surface area contributed by atoms with E-state index in [1.165, 1.54) is 55.8 Å². The normalized spacial score (nSPS) is 18.2. The molecular weight excluding hydrogens is 254 g/mol. The van der Waals surface area contributed by atoms with E-state index in [1.54, 1.807) is 5.56 Å². The summed E-state index contributed by atoms with van der Waals surface area (Å²) in [5.41, 5.74) is 1.98. The highest BCUT2D eigenvalue weighted by atomic mass is 15.0. The summed E-state index contributed by atoms with van der Waals surface area (Å²) in [6, 6.07) is 15.9. The summed E-state index contributed by atoms with van der Waals surface area (Å²) < 4.78 is 0. The van der Waals surface area contributed by atoms with Crippen LogP contribution in [0.3, 0.4) is 0 Å². The third-order valence-corrected chi connectivity index (χ3v) is 5.21. The Bertz CT molecular complexity index is 594. The molecule has 21 heavy (non-hydrogen) atoms. The molecule has 0 amide bonds. The minimum Gasteiger partial charge on any atom is -0.309 e. The molecule has 0 spiro atoms. The fourth-order valence-corrected chi connectivity index (χ4v) is 3.87. The van der Waals surface area contributed by atoms with Crippen molar-refractivity contribution in [3.8, 4) is 0 Å². The Labute approximate surface area is 129 Å². The molecule has 0 N–H and O–H groups in total. The van der Waals surface area contributed by atoms with Gasteiger partial charge in [0, 0.05) is 0 Å². The van der Waals surface area contributed by atoms with Crippen LogP contribution in [0.4, 0.5) is 0 Å². The van der Waals surface area contributed by atoms with Gasteiger partial charge in [-0.2, -0.15) is 0 Å². The van der Waals surface area contributed by atoms with Gasteiger partial charge in [0.25, 0.3) is 0 Å². The highest BCUT2D eigenvalue weighted by molar-refractivity contribution is 5.83. The van der Waals surface area contributed by atoms with E-state index in [4.69, 9.17) is 0 Å². The van der Waals surface area contributed by atoms with Crippen molar-refractivity contribution >= 4 is 10.8 Å². The monoisotopic (exact) mass is 281 g/mol. The van der Waals surface area contributed by atoms with Gasteiger partial charge in [-0.25, -0.2) is 0 Å². The van der Waals surface area contributed by atoms with E-state index in [0.29, 0.717) is 5.41 Å². The molecule has 0 radical (unpaired) electrons. The SMILES string of the molecule is CN(C)CCC1(c2ccc3ccccc3c2)CCCCC1. The lowest BCUT2D eigenvalue weighted by atomic mass is 9.67. The first-order valence-corrected chi connectivity index (χ1v) is 8.34. The first kappa shape index (κ1) is 14.6. The van der Waals surface area contributed by atoms with E-state index in [2.05, 4.69) is 61.5 Å². The van der Waals surface area contributed by atoms with Crippen LogP contribution in [0.25, 0.3) is 10.8 Å². The second-order valence-electron chi connectivity index (χ2n) is 6.96. The van der Waals surface area contributed by atoms with Gasteiger partial charge in [0.05, 0.1) is 0 Å². The summed E-state index contributed by atoms with van der Waals surface area (Å²) in [4.78, 5) is 2.33. The lowest BCUT2D eigenvalue weighted by Gasteiger charge is -2.39. The van der Waals surface area contributed by atoms with E-state index in [-0.39, 0.29) is 0 Å². The van der Waals surface area contributed by atoms with Crippen LogP contribution < -0.4 is 0 Å². The summed E-state index contributed by atoms with van der Waals surface area (Å²) in [6.45, 7) is 1.19. The molecule has 1 fully saturated rings. The predicted molar refractivity (Wildman–Crippen MR) is 91.9 cm³/mol. The summed E-state index contributed by atoms with van der Waals surface area (Å²) in [5, 5.41) is 2.75. The number of nitrogens with zero attached hydrogens (tertiary/aromatic N) is 1. The number of benzene rings is 2. The van der Waals surface area contributed by atoms with Crippen LogP contribution in [0.2, 0.25) is 0 Å². The zero-order chi connectivity index (χ0) is 14.7. The standard InChI is InChI=1S/C20H27N/c1-21(2)15-14-20(12-6-3-7-13-20)19-11-10-17-8-4-5-9-18(17)16-19/h4-5,8-11,16H,3,6-7,12-15H2,1-2H3. The van der Waals surface area contributed by atoms with Crippen LogP contribution in [-0.2, 0) is 5.41 Å². The highest BCUT2D eigenvalue weighted by Crippen LogP contribution is 2.43. The van der Waals surface area contributed by atoms with Crippen molar-refractivity contribution in [3.05, 3.63) is 48.0 Å². The van der Waals surface area contributed by atoms with Gasteiger partial charge in [0.1, 0.15) is 0 Å². The van der Waals surface area contributed by atoms with Gasteiger partial charge in [-0.1, -0.05) is 61.7 Å². The van der Waals surface area contributed by atoms with Crippen LogP contribution in [0.15, 0.2) is 42.5 Å². The third kappa shape index (κ3) is 3.13. The molecule has 1 heteroatoms. The molecular formula is C20H27N. The van der Waals surface area contributed by atoms with Crippen LogP contribution in [0.1, 0.15) is 44.1 Å². The van der Waals surface area contributed by atoms with E-state index in [1.807, 2.05) is 0 Å². The Morgan fingerprint density at radius 2 is 1.62 bits per heavy atom. The topological polar surface area (TPSA) is 3.24 Å². The van der Waals surface area contributed by atoms with E-state index >= 15 is 0 Å². The number of fused-ring (bicyclic) bond motifs is 1. The summed E-state index contributed by atoms with van der Waals surface area (Å²) in [5.74, 6) is 0. The fraction of sp³-hybridized carbons (Fsp3) is 0.500. The van der Waals surface area contributed by atoms with Crippen molar-refractivity contribution in [2.75, 3.05) is 20.6 Å². The van der Waals surface area contributed by atoms with Crippen molar-refractivity contribution in [3.63, 3.8) is 0 Å². The molecule has 112 valence electrons. The Kier molecular flexibility index (Phi) is 4.30. The zero-order valence-electron chi connectivity index (χ0n) is 13.4. The third-order valence-electron chi connectivity index (χ3n) is 5.21. The zero-order valence-corrected chi connectivity index (χ0v) is 13.4. The molecule has 1 nitrogen and oxygen atoms in total. The summed E-state index contributed by atoms with van der Waals surface area (Å²) in [6.07, 6.45) is 8.20. The molecule has 0 saturated heterocycles. The Morgan fingerprint density at radius 1 is 0.905 bits per heavy atom. The quantitative estimate of drug-likeness (QED) is 0.763. The van der Waals surface area contributed by atoms with Crippen LogP contribution >= 0.6 is 0 Å². The van der Waals surface area contributed by atoms with Gasteiger partial charge < -0.3 is 4.90 Å². The average Bonchev–Trinajstić information content (AvgIpc) is 2.53. The van der Waals surface area contributed by atoms with Gasteiger partial charge in [-0.15, -0.1) is 0 Å². The molecule has 0 aliphatic heterocycles. The minimum atomic E-state index is 0.409. The minimum absolute atomic E-state index is 0.409. The first-order valence-electron chi connectivity index (χ1n) is 8.34. The molecule has 0 atom stereocenters. The lowest BCUT2D eigenvalue weighted by Crippen LogP contribution is -2.33. The number of rotatable bonds is 4. The first-order chi connectivity index (χ1) is 10.2. The summed E-state index contributed by atoms with van der Waals surface area (Å²) in [7, 11) is 4.38. The van der Waals surface area contributed by atoms with E-state index in [9.17, 15) is 0 Å². The smallest absolute Gasteiger partial charge is 0.00163 e. The molecule has 0 aromatic heterocycles. The predicted octanol–water partition coefficient (Wildman–Crippen LogP) is 4.99. The van der Waals surface area contributed by atoms with Gasteiger partial charge in [0.15, 0.2) is 0 Å². The maximum absolute atomic E-state index is 2.45. The van der Waals surface area contributed by atoms with Crippen LogP contribution in [-0.4, -0.2) is 25.5 Å². The Hall–Kier alpha value is -1.34. The van der Waals surface area contributed by atoms with Crippen molar-refractivity contribution in [1.29, 1.82) is 0 Å². The number of hydrogen-bond donors (Lipinski definition) is 0. The second-order valence-corrected chi connectivity index (χ2v) is 6.96. The molecule has 1 aliphatic carbocycles. The molecule has 2 aromatic rings. The molecule has 2 aromatic carbocycles. The van der Waals surface area contributed by atoms with Crippen molar-refractivity contribution in [1.82, 2.24) is 4.90 Å². The van der Waals surface area contributed by atoms with Gasteiger partial charge in [0.2, 0.25) is 0 Å². The molecule has 0 bridgehead atoms. The number of hydrogen-bond acceptors (Lipinski definition) is 1.